The van der Waals surface area contributed by atoms with E-state index < -0.39 is 26.2 Å². The van der Waals surface area contributed by atoms with Crippen molar-refractivity contribution in [3.05, 3.63) is 71.7 Å². The van der Waals surface area contributed by atoms with Crippen LogP contribution >= 0.6 is 11.3 Å². The number of fused-ring (bicyclic) bond motifs is 2. The lowest BCUT2D eigenvalue weighted by atomic mass is 10.0. The third-order valence-electron chi connectivity index (χ3n) is 5.35. The molecule has 10 heteroatoms. The van der Waals surface area contributed by atoms with E-state index in [9.17, 15) is 16.8 Å². The van der Waals surface area contributed by atoms with Gasteiger partial charge in [0.05, 0.1) is 20.2 Å². The third-order valence-corrected chi connectivity index (χ3v) is 8.96. The highest BCUT2D eigenvalue weighted by Gasteiger charge is 2.28. The Morgan fingerprint density at radius 2 is 1.94 bits per heavy atom. The van der Waals surface area contributed by atoms with E-state index in [-0.39, 0.29) is 9.77 Å². The second-order valence-corrected chi connectivity index (χ2v) is 11.1. The highest BCUT2D eigenvalue weighted by Crippen LogP contribution is 2.37. The van der Waals surface area contributed by atoms with Gasteiger partial charge in [0.25, 0.3) is 10.0 Å². The second kappa shape index (κ2) is 7.73. The first-order chi connectivity index (χ1) is 15.3. The SMILES string of the molecule is CC1C(S(=O)(=O)Nc2ccc3[nH]nc(-c4cc5ccccc5s4)c3c2)=CC=CC1=S(=O)=O. The summed E-state index contributed by atoms with van der Waals surface area (Å²) >= 11 is 1.62. The Morgan fingerprint density at radius 3 is 2.72 bits per heavy atom. The quantitative estimate of drug-likeness (QED) is 0.420. The van der Waals surface area contributed by atoms with E-state index in [2.05, 4.69) is 21.0 Å². The average molecular weight is 484 g/mol. The fraction of sp³-hybridized carbons (Fsp3) is 0.0909. The summed E-state index contributed by atoms with van der Waals surface area (Å²) < 4.78 is 52.6. The van der Waals surface area contributed by atoms with Gasteiger partial charge < -0.3 is 0 Å². The molecule has 0 bridgehead atoms. The van der Waals surface area contributed by atoms with Crippen molar-refractivity contribution >= 4 is 63.2 Å². The number of rotatable bonds is 4. The van der Waals surface area contributed by atoms with Crippen molar-refractivity contribution in [2.75, 3.05) is 4.72 Å². The molecule has 32 heavy (non-hydrogen) atoms. The lowest BCUT2D eigenvalue weighted by Crippen LogP contribution is -2.25. The van der Waals surface area contributed by atoms with Crippen molar-refractivity contribution in [1.29, 1.82) is 0 Å². The summed E-state index contributed by atoms with van der Waals surface area (Å²) in [5, 5.41) is 9.35. The maximum atomic E-state index is 13.0. The normalized spacial score (nSPS) is 16.5. The molecule has 2 heterocycles. The van der Waals surface area contributed by atoms with Crippen molar-refractivity contribution < 1.29 is 16.8 Å². The lowest BCUT2D eigenvalue weighted by molar-refractivity contribution is 0.603. The number of nitrogens with one attached hydrogen (secondary N) is 2. The first-order valence-electron chi connectivity index (χ1n) is 9.68. The van der Waals surface area contributed by atoms with Crippen LogP contribution < -0.4 is 4.72 Å². The highest BCUT2D eigenvalue weighted by molar-refractivity contribution is 7.96. The van der Waals surface area contributed by atoms with E-state index in [4.69, 9.17) is 0 Å². The molecule has 0 radical (unpaired) electrons. The van der Waals surface area contributed by atoms with Crippen LogP contribution in [0.3, 0.4) is 0 Å². The summed E-state index contributed by atoms with van der Waals surface area (Å²) in [5.41, 5.74) is 1.90. The predicted octanol–water partition coefficient (Wildman–Crippen LogP) is 4.33. The first-order valence-corrected chi connectivity index (χ1v) is 13.1. The Balaban J connectivity index is 1.53. The monoisotopic (exact) mass is 483 g/mol. The molecule has 1 unspecified atom stereocenters. The number of allylic oxidation sites excluding steroid dienone is 4. The Labute approximate surface area is 189 Å². The summed E-state index contributed by atoms with van der Waals surface area (Å²) in [7, 11) is -6.46. The molecule has 0 aliphatic heterocycles. The van der Waals surface area contributed by atoms with Gasteiger partial charge in [-0.25, -0.2) is 8.42 Å². The zero-order valence-corrected chi connectivity index (χ0v) is 19.2. The van der Waals surface area contributed by atoms with Crippen LogP contribution in [-0.2, 0) is 20.3 Å². The molecule has 162 valence electrons. The molecule has 4 aromatic rings. The minimum Gasteiger partial charge on any atom is -0.280 e. The Bertz CT molecular complexity index is 1650. The molecule has 0 fully saturated rings. The molecule has 0 saturated heterocycles. The van der Waals surface area contributed by atoms with E-state index in [0.29, 0.717) is 5.69 Å². The molecule has 0 spiro atoms. The van der Waals surface area contributed by atoms with Crippen molar-refractivity contribution in [2.24, 2.45) is 5.92 Å². The molecule has 0 saturated carbocycles. The molecule has 0 amide bonds. The van der Waals surface area contributed by atoms with Crippen LogP contribution in [-0.4, -0.2) is 31.9 Å². The zero-order chi connectivity index (χ0) is 22.5. The standard InChI is InChI=1S/C22H17N3O4S3/c1-13-20(31(26)27)7-4-8-21(13)32(28,29)25-15-9-10-17-16(12-15)22(24-23-17)19-11-14-5-2-3-6-18(14)30-19/h2-13,25H,1H3,(H,23,24). The number of sulfonamides is 1. The van der Waals surface area contributed by atoms with E-state index in [1.54, 1.807) is 36.5 Å². The Hall–Kier alpha value is -3.21. The summed E-state index contributed by atoms with van der Waals surface area (Å²) in [5.74, 6) is -0.775. The largest absolute Gasteiger partial charge is 0.280 e. The minimum atomic E-state index is -3.96. The van der Waals surface area contributed by atoms with Gasteiger partial charge in [0.15, 0.2) is 0 Å². The van der Waals surface area contributed by atoms with Crippen molar-refractivity contribution in [3.63, 3.8) is 0 Å². The van der Waals surface area contributed by atoms with Crippen molar-refractivity contribution in [2.45, 2.75) is 6.92 Å². The Morgan fingerprint density at radius 1 is 1.12 bits per heavy atom. The maximum absolute atomic E-state index is 13.0. The van der Waals surface area contributed by atoms with Gasteiger partial charge >= 0.3 is 0 Å². The van der Waals surface area contributed by atoms with E-state index >= 15 is 0 Å². The van der Waals surface area contributed by atoms with Crippen LogP contribution in [0.15, 0.2) is 71.7 Å². The average Bonchev–Trinajstić information content (AvgIpc) is 3.36. The number of thiophene rings is 1. The maximum Gasteiger partial charge on any atom is 0.258 e. The molecular weight excluding hydrogens is 466 g/mol. The van der Waals surface area contributed by atoms with Crippen LogP contribution in [0.25, 0.3) is 31.6 Å². The van der Waals surface area contributed by atoms with Crippen LogP contribution in [0.1, 0.15) is 6.92 Å². The number of hydrogen-bond acceptors (Lipinski definition) is 6. The van der Waals surface area contributed by atoms with E-state index in [1.165, 1.54) is 18.2 Å². The molecule has 2 N–H and O–H groups in total. The van der Waals surface area contributed by atoms with Gasteiger partial charge in [0, 0.05) is 21.7 Å². The molecule has 1 aliphatic rings. The first kappa shape index (κ1) is 20.7. The zero-order valence-electron chi connectivity index (χ0n) is 16.7. The fourth-order valence-electron chi connectivity index (χ4n) is 3.77. The number of nitrogens with zero attached hydrogens (tertiary/aromatic N) is 1. The minimum absolute atomic E-state index is 0.00350. The molecule has 1 atom stereocenters. The number of aromatic amines is 1. The van der Waals surface area contributed by atoms with Crippen molar-refractivity contribution in [3.8, 4) is 10.6 Å². The molecule has 1 aliphatic carbocycles. The smallest absolute Gasteiger partial charge is 0.258 e. The van der Waals surface area contributed by atoms with Crippen molar-refractivity contribution in [1.82, 2.24) is 10.2 Å². The molecule has 2 aromatic heterocycles. The highest BCUT2D eigenvalue weighted by atomic mass is 32.2. The number of hydrogen-bond donors (Lipinski definition) is 2. The van der Waals surface area contributed by atoms with E-state index in [0.717, 1.165) is 31.6 Å². The van der Waals surface area contributed by atoms with Crippen LogP contribution in [0.2, 0.25) is 0 Å². The van der Waals surface area contributed by atoms with Gasteiger partial charge in [-0.3, -0.25) is 9.82 Å². The van der Waals surface area contributed by atoms with Crippen LogP contribution in [0.5, 0.6) is 0 Å². The lowest BCUT2D eigenvalue weighted by Gasteiger charge is -2.18. The molecule has 5 rings (SSSR count). The summed E-state index contributed by atoms with van der Waals surface area (Å²) in [4.78, 5) is 1.00. The summed E-state index contributed by atoms with van der Waals surface area (Å²) in [6.07, 6.45) is 4.25. The summed E-state index contributed by atoms with van der Waals surface area (Å²) in [6.45, 7) is 1.55. The topological polar surface area (TPSA) is 109 Å². The van der Waals surface area contributed by atoms with Gasteiger partial charge in [0.1, 0.15) is 5.69 Å². The Kier molecular flexibility index (Phi) is 5.00. The number of aromatic nitrogens is 2. The second-order valence-electron chi connectivity index (χ2n) is 7.37. The van der Waals surface area contributed by atoms with Gasteiger partial charge in [-0.2, -0.15) is 13.5 Å². The van der Waals surface area contributed by atoms with Gasteiger partial charge in [0.2, 0.25) is 10.3 Å². The number of H-pyrrole nitrogens is 1. The van der Waals surface area contributed by atoms with Gasteiger partial charge in [-0.15, -0.1) is 11.3 Å². The third kappa shape index (κ3) is 3.56. The van der Waals surface area contributed by atoms with Crippen LogP contribution in [0.4, 0.5) is 5.69 Å². The summed E-state index contributed by atoms with van der Waals surface area (Å²) in [6, 6.07) is 15.3. The van der Waals surface area contributed by atoms with Crippen LogP contribution in [0, 0.1) is 5.92 Å². The fourth-order valence-corrected chi connectivity index (χ4v) is 6.92. The van der Waals surface area contributed by atoms with Gasteiger partial charge in [-0.1, -0.05) is 31.2 Å². The molecule has 7 nitrogen and oxygen atoms in total. The molecule has 2 aromatic carbocycles. The predicted molar refractivity (Wildman–Crippen MR) is 130 cm³/mol. The number of benzene rings is 2. The van der Waals surface area contributed by atoms with E-state index in [1.807, 2.05) is 24.3 Å². The number of anilines is 1. The van der Waals surface area contributed by atoms with Gasteiger partial charge in [-0.05, 0) is 47.9 Å². The molecular formula is C22H17N3O4S3.